The van der Waals surface area contributed by atoms with Crippen LogP contribution in [0.2, 0.25) is 8.67 Å². The molecule has 2 N–H and O–H groups in total. The van der Waals surface area contributed by atoms with Crippen molar-refractivity contribution in [2.24, 2.45) is 11.8 Å². The Morgan fingerprint density at radius 1 is 1.13 bits per heavy atom. The third-order valence-corrected chi connectivity index (χ3v) is 12.1. The number of hydrogen-bond acceptors (Lipinski definition) is 8. The number of hydrogen-bond donors (Lipinski definition) is 2. The van der Waals surface area contributed by atoms with Crippen molar-refractivity contribution in [3.8, 4) is 0 Å². The normalized spacial score (nSPS) is 16.1. The van der Waals surface area contributed by atoms with Gasteiger partial charge in [0.05, 0.1) is 33.7 Å². The van der Waals surface area contributed by atoms with E-state index >= 15 is 0 Å². The first-order valence-corrected chi connectivity index (χ1v) is 19.0. The molecule has 252 valence electrons. The third-order valence-electron chi connectivity index (χ3n) is 7.68. The lowest BCUT2D eigenvalue weighted by Crippen LogP contribution is -2.57. The Kier molecular flexibility index (Phi) is 12.5. The van der Waals surface area contributed by atoms with Crippen LogP contribution in [0.25, 0.3) is 0 Å². The predicted molar refractivity (Wildman–Crippen MR) is 184 cm³/mol. The van der Waals surface area contributed by atoms with Crippen LogP contribution >= 0.6 is 45.9 Å². The van der Waals surface area contributed by atoms with Crippen molar-refractivity contribution in [2.45, 2.75) is 70.7 Å². The van der Waals surface area contributed by atoms with Crippen molar-refractivity contribution in [3.05, 3.63) is 66.7 Å². The molecule has 0 aliphatic carbocycles. The molecule has 0 radical (unpaired) electrons. The molecule has 15 heteroatoms. The molecule has 2 aromatic heterocycles. The minimum atomic E-state index is -4.12. The highest BCUT2D eigenvalue weighted by molar-refractivity contribution is 7.89. The fourth-order valence-corrected chi connectivity index (χ4v) is 9.90. The largest absolute Gasteiger partial charge is 0.390 e. The number of rotatable bonds is 15. The average molecular weight is 731 g/mol. The monoisotopic (exact) mass is 729 g/mol. The summed E-state index contributed by atoms with van der Waals surface area (Å²) < 4.78 is 29.0. The second-order valence-electron chi connectivity index (χ2n) is 12.2. The highest BCUT2D eigenvalue weighted by Crippen LogP contribution is 2.36. The van der Waals surface area contributed by atoms with Crippen molar-refractivity contribution >= 4 is 67.8 Å². The number of thiophene rings is 1. The Labute approximate surface area is 289 Å². The topological polar surface area (TPSA) is 123 Å². The van der Waals surface area contributed by atoms with Crippen LogP contribution in [0, 0.1) is 18.8 Å². The molecule has 3 heterocycles. The number of benzene rings is 1. The van der Waals surface area contributed by atoms with Gasteiger partial charge in [-0.15, -0.1) is 22.7 Å². The van der Waals surface area contributed by atoms with Crippen molar-refractivity contribution in [3.63, 3.8) is 0 Å². The summed E-state index contributed by atoms with van der Waals surface area (Å²) in [6, 6.07) is 8.73. The van der Waals surface area contributed by atoms with Gasteiger partial charge >= 0.3 is 6.03 Å². The van der Waals surface area contributed by atoms with E-state index in [1.807, 2.05) is 70.3 Å². The number of aliphatic hydroxyl groups excluding tert-OH is 1. The van der Waals surface area contributed by atoms with Crippen LogP contribution in [-0.4, -0.2) is 88.9 Å². The number of carbonyl (C=O) groups is 2. The van der Waals surface area contributed by atoms with Crippen LogP contribution in [0.4, 0.5) is 4.79 Å². The zero-order chi connectivity index (χ0) is 33.8. The number of urea groups is 1. The maximum absolute atomic E-state index is 14.0. The standard InChI is InChI=1S/C31H41Cl2N5O5S3/c1-19(2)15-37(46(42,43)26-14-27(32)45-29(26)33)17-25(39)24(13-22-9-7-6-8-10-22)35-30(40)28(20(3)4)38-12-11-36(31(38)41)16-23-18-44-21(5)34-23/h6-10,14,18-20,24-25,28,39H,11-13,15-17H2,1-5H3,(H,35,40)/t24-,25-,28-/m0/s1. The molecule has 3 aromatic rings. The van der Waals surface area contributed by atoms with Crippen LogP contribution in [0.15, 0.2) is 46.7 Å². The van der Waals surface area contributed by atoms with E-state index in [9.17, 15) is 23.1 Å². The van der Waals surface area contributed by atoms with E-state index in [-0.39, 0.29) is 50.9 Å². The molecular weight excluding hydrogens is 689 g/mol. The first-order chi connectivity index (χ1) is 21.7. The predicted octanol–water partition coefficient (Wildman–Crippen LogP) is 5.52. The Hall–Kier alpha value is -2.26. The molecule has 4 rings (SSSR count). The van der Waals surface area contributed by atoms with E-state index in [0.29, 0.717) is 19.6 Å². The number of sulfonamides is 1. The van der Waals surface area contributed by atoms with Gasteiger partial charge in [0.15, 0.2) is 0 Å². The Bertz CT molecular complexity index is 1600. The van der Waals surface area contributed by atoms with Crippen LogP contribution in [-0.2, 0) is 27.8 Å². The SMILES string of the molecule is Cc1nc(CN2CCN([C@H](C(=O)N[C@@H](Cc3ccccc3)[C@@H](O)CN(CC(C)C)S(=O)(=O)c3cc(Cl)sc3Cl)C(C)C)C2=O)cs1. The Morgan fingerprint density at radius 2 is 1.83 bits per heavy atom. The van der Waals surface area contributed by atoms with Crippen molar-refractivity contribution < 1.29 is 23.1 Å². The van der Waals surface area contributed by atoms with Crippen LogP contribution < -0.4 is 5.32 Å². The number of thiazole rings is 1. The van der Waals surface area contributed by atoms with Gasteiger partial charge in [0.1, 0.15) is 15.3 Å². The molecule has 0 unspecified atom stereocenters. The molecule has 1 aliphatic rings. The summed E-state index contributed by atoms with van der Waals surface area (Å²) in [5.74, 6) is -0.719. The van der Waals surface area contributed by atoms with Crippen LogP contribution in [0.1, 0.15) is 44.0 Å². The van der Waals surface area contributed by atoms with Gasteiger partial charge in [-0.25, -0.2) is 18.2 Å². The van der Waals surface area contributed by atoms with Gasteiger partial charge in [-0.1, -0.05) is 81.2 Å². The van der Waals surface area contributed by atoms with Gasteiger partial charge in [-0.2, -0.15) is 4.31 Å². The molecule has 0 saturated carbocycles. The van der Waals surface area contributed by atoms with Crippen molar-refractivity contribution in [1.82, 2.24) is 24.4 Å². The molecular formula is C31H41Cl2N5O5S3. The number of carbonyl (C=O) groups excluding carboxylic acids is 2. The van der Waals surface area contributed by atoms with Gasteiger partial charge in [-0.05, 0) is 36.8 Å². The molecule has 1 saturated heterocycles. The molecule has 1 aliphatic heterocycles. The van der Waals surface area contributed by atoms with Crippen molar-refractivity contribution in [1.29, 1.82) is 0 Å². The summed E-state index contributed by atoms with van der Waals surface area (Å²) >= 11 is 14.8. The summed E-state index contributed by atoms with van der Waals surface area (Å²) in [6.07, 6.45) is -1.06. The maximum atomic E-state index is 14.0. The fraction of sp³-hybridized carbons (Fsp3) is 0.516. The Balaban J connectivity index is 1.57. The van der Waals surface area contributed by atoms with Crippen LogP contribution in [0.3, 0.4) is 0 Å². The first-order valence-electron chi connectivity index (χ1n) is 15.1. The van der Waals surface area contributed by atoms with Crippen molar-refractivity contribution in [2.75, 3.05) is 26.2 Å². The third kappa shape index (κ3) is 9.00. The lowest BCUT2D eigenvalue weighted by atomic mass is 9.97. The fourth-order valence-electron chi connectivity index (χ4n) is 5.56. The molecule has 1 fully saturated rings. The first kappa shape index (κ1) is 36.6. The molecule has 0 spiro atoms. The summed E-state index contributed by atoms with van der Waals surface area (Å²) in [7, 11) is -4.12. The molecule has 3 amide bonds. The summed E-state index contributed by atoms with van der Waals surface area (Å²) in [5.41, 5.74) is 1.65. The van der Waals surface area contributed by atoms with E-state index in [1.165, 1.54) is 21.7 Å². The molecule has 0 bridgehead atoms. The number of nitrogens with zero attached hydrogens (tertiary/aromatic N) is 4. The summed E-state index contributed by atoms with van der Waals surface area (Å²) in [6.45, 7) is 10.4. The minimum absolute atomic E-state index is 0.0383. The second kappa shape index (κ2) is 15.8. The number of halogens is 2. The van der Waals surface area contributed by atoms with E-state index in [1.54, 1.807) is 9.80 Å². The molecule has 3 atom stereocenters. The van der Waals surface area contributed by atoms with Gasteiger partial charge in [0.2, 0.25) is 15.9 Å². The minimum Gasteiger partial charge on any atom is -0.390 e. The average Bonchev–Trinajstić information content (AvgIpc) is 3.66. The van der Waals surface area contributed by atoms with E-state index in [4.69, 9.17) is 23.2 Å². The van der Waals surface area contributed by atoms with E-state index < -0.39 is 34.1 Å². The number of aliphatic hydroxyl groups is 1. The van der Waals surface area contributed by atoms with Crippen LogP contribution in [0.5, 0.6) is 0 Å². The molecule has 46 heavy (non-hydrogen) atoms. The number of aryl methyl sites for hydroxylation is 1. The number of aromatic nitrogens is 1. The highest BCUT2D eigenvalue weighted by atomic mass is 35.5. The second-order valence-corrected chi connectivity index (χ2v) is 17.5. The van der Waals surface area contributed by atoms with E-state index in [2.05, 4.69) is 10.3 Å². The van der Waals surface area contributed by atoms with Gasteiger partial charge in [0, 0.05) is 31.6 Å². The Morgan fingerprint density at radius 3 is 2.39 bits per heavy atom. The smallest absolute Gasteiger partial charge is 0.321 e. The molecule has 1 aromatic carbocycles. The number of amides is 3. The highest BCUT2D eigenvalue weighted by Gasteiger charge is 2.41. The zero-order valence-electron chi connectivity index (χ0n) is 26.5. The lowest BCUT2D eigenvalue weighted by Gasteiger charge is -2.34. The van der Waals surface area contributed by atoms with E-state index in [0.717, 1.165) is 27.6 Å². The van der Waals surface area contributed by atoms with Gasteiger partial charge in [-0.3, -0.25) is 4.79 Å². The maximum Gasteiger partial charge on any atom is 0.321 e. The lowest BCUT2D eigenvalue weighted by molar-refractivity contribution is -0.128. The number of nitrogens with one attached hydrogen (secondary N) is 1. The quantitative estimate of drug-likeness (QED) is 0.213. The van der Waals surface area contributed by atoms with Gasteiger partial charge < -0.3 is 20.2 Å². The zero-order valence-corrected chi connectivity index (χ0v) is 30.5. The summed E-state index contributed by atoms with van der Waals surface area (Å²) in [4.78, 5) is 35.1. The molecule has 10 nitrogen and oxygen atoms in total. The summed E-state index contributed by atoms with van der Waals surface area (Å²) in [5, 5.41) is 17.5. The van der Waals surface area contributed by atoms with Gasteiger partial charge in [0.25, 0.3) is 0 Å².